The van der Waals surface area contributed by atoms with Crippen molar-refractivity contribution in [2.75, 3.05) is 49.6 Å². The summed E-state index contributed by atoms with van der Waals surface area (Å²) in [7, 11) is -5.42. The van der Waals surface area contributed by atoms with E-state index in [4.69, 9.17) is 0 Å². The molecule has 0 aliphatic carbocycles. The van der Waals surface area contributed by atoms with Crippen LogP contribution in [0.15, 0.2) is 53.4 Å². The van der Waals surface area contributed by atoms with Gasteiger partial charge in [-0.25, -0.2) is 21.2 Å². The Bertz CT molecular complexity index is 1240. The minimum absolute atomic E-state index is 0.0241. The third-order valence-corrected chi connectivity index (χ3v) is 9.87. The van der Waals surface area contributed by atoms with Crippen LogP contribution in [0.1, 0.15) is 16.8 Å². The van der Waals surface area contributed by atoms with Crippen LogP contribution in [0.5, 0.6) is 0 Å². The van der Waals surface area contributed by atoms with E-state index in [1.54, 1.807) is 19.2 Å². The molecule has 2 aliphatic rings. The lowest BCUT2D eigenvalue weighted by Gasteiger charge is -2.35. The molecule has 0 radical (unpaired) electrons. The molecule has 2 aromatic rings. The smallest absolute Gasteiger partial charge is 0.253 e. The molecule has 2 fully saturated rings. The van der Waals surface area contributed by atoms with Gasteiger partial charge in [-0.3, -0.25) is 4.79 Å². The highest BCUT2D eigenvalue weighted by atomic mass is 32.2. The Morgan fingerprint density at radius 3 is 2.33 bits per heavy atom. The van der Waals surface area contributed by atoms with Gasteiger partial charge in [0.05, 0.1) is 16.4 Å². The third-order valence-electron chi connectivity index (χ3n) is 6.23. The fourth-order valence-electron chi connectivity index (χ4n) is 4.23. The number of hydrogen-bond donors (Lipinski definition) is 0. The van der Waals surface area contributed by atoms with E-state index in [0.29, 0.717) is 19.5 Å². The highest BCUT2D eigenvalue weighted by Crippen LogP contribution is 2.24. The normalized spacial score (nSPS) is 21.2. The summed E-state index contributed by atoms with van der Waals surface area (Å²) < 4.78 is 64.5. The van der Waals surface area contributed by atoms with Crippen LogP contribution < -0.4 is 4.90 Å². The minimum atomic E-state index is -3.81. The van der Waals surface area contributed by atoms with Gasteiger partial charge in [0.1, 0.15) is 5.82 Å². The van der Waals surface area contributed by atoms with Crippen molar-refractivity contribution in [3.05, 3.63) is 59.9 Å². The largest absolute Gasteiger partial charge is 0.369 e. The lowest BCUT2D eigenvalue weighted by Crippen LogP contribution is -2.48. The van der Waals surface area contributed by atoms with Gasteiger partial charge in [-0.2, -0.15) is 4.31 Å². The zero-order valence-electron chi connectivity index (χ0n) is 18.2. The third kappa shape index (κ3) is 5.04. The number of amides is 1. The van der Waals surface area contributed by atoms with Crippen molar-refractivity contribution in [1.82, 2.24) is 9.21 Å². The SMILES string of the molecule is CN(C(=O)c1cccc(S(=O)(=O)N2CCN(c3ccc(F)cc3)CC2)c1)[C@@H]1CCS(=O)(=O)C1. The molecule has 0 unspecified atom stereocenters. The molecule has 0 spiro atoms. The van der Waals surface area contributed by atoms with Gasteiger partial charge in [0.2, 0.25) is 10.0 Å². The molecular weight excluding hydrogens is 469 g/mol. The molecule has 0 N–H and O–H groups in total. The van der Waals surface area contributed by atoms with Crippen molar-refractivity contribution in [2.24, 2.45) is 0 Å². The number of sulfonamides is 1. The molecule has 8 nitrogen and oxygen atoms in total. The fraction of sp³-hybridized carbons (Fsp3) is 0.409. The Balaban J connectivity index is 1.46. The molecule has 2 saturated heterocycles. The molecule has 2 aromatic carbocycles. The number of hydrogen-bond acceptors (Lipinski definition) is 6. The maximum Gasteiger partial charge on any atom is 0.253 e. The second-order valence-corrected chi connectivity index (χ2v) is 12.5. The molecular formula is C22H26FN3O5S2. The average molecular weight is 496 g/mol. The lowest BCUT2D eigenvalue weighted by atomic mass is 10.1. The number of halogens is 1. The predicted molar refractivity (Wildman–Crippen MR) is 123 cm³/mol. The minimum Gasteiger partial charge on any atom is -0.369 e. The molecule has 33 heavy (non-hydrogen) atoms. The number of anilines is 1. The number of nitrogens with zero attached hydrogens (tertiary/aromatic N) is 3. The molecule has 11 heteroatoms. The monoisotopic (exact) mass is 495 g/mol. The van der Waals surface area contributed by atoms with Crippen molar-refractivity contribution in [1.29, 1.82) is 0 Å². The van der Waals surface area contributed by atoms with Crippen molar-refractivity contribution in [3.8, 4) is 0 Å². The van der Waals surface area contributed by atoms with E-state index in [1.165, 1.54) is 45.6 Å². The van der Waals surface area contributed by atoms with Gasteiger partial charge < -0.3 is 9.80 Å². The maximum atomic E-state index is 13.2. The first-order chi connectivity index (χ1) is 15.6. The second kappa shape index (κ2) is 9.03. The first-order valence-corrected chi connectivity index (χ1v) is 13.9. The quantitative estimate of drug-likeness (QED) is 0.625. The Hall–Kier alpha value is -2.50. The first-order valence-electron chi connectivity index (χ1n) is 10.7. The summed E-state index contributed by atoms with van der Waals surface area (Å²) in [6.07, 6.45) is 0.376. The summed E-state index contributed by atoms with van der Waals surface area (Å²) in [6, 6.07) is 11.5. The summed E-state index contributed by atoms with van der Waals surface area (Å²) in [6.45, 7) is 1.44. The zero-order valence-corrected chi connectivity index (χ0v) is 19.9. The highest BCUT2D eigenvalue weighted by Gasteiger charge is 2.34. The number of piperazine rings is 1. The van der Waals surface area contributed by atoms with Gasteiger partial charge in [-0.05, 0) is 48.9 Å². The number of carbonyl (C=O) groups is 1. The molecule has 0 bridgehead atoms. The Morgan fingerprint density at radius 2 is 1.73 bits per heavy atom. The van der Waals surface area contributed by atoms with Gasteiger partial charge in [0.25, 0.3) is 5.91 Å². The summed E-state index contributed by atoms with van der Waals surface area (Å²) in [5, 5.41) is 0. The van der Waals surface area contributed by atoms with Crippen LogP contribution in [0.2, 0.25) is 0 Å². The van der Waals surface area contributed by atoms with E-state index >= 15 is 0 Å². The molecule has 1 atom stereocenters. The Morgan fingerprint density at radius 1 is 1.06 bits per heavy atom. The van der Waals surface area contributed by atoms with E-state index in [9.17, 15) is 26.0 Å². The molecule has 1 amide bonds. The van der Waals surface area contributed by atoms with Crippen LogP contribution in [0.4, 0.5) is 10.1 Å². The second-order valence-electron chi connectivity index (χ2n) is 8.37. The van der Waals surface area contributed by atoms with Crippen LogP contribution >= 0.6 is 0 Å². The number of sulfone groups is 1. The zero-order chi connectivity index (χ0) is 23.8. The number of rotatable bonds is 5. The molecule has 0 aromatic heterocycles. The number of benzene rings is 2. The van der Waals surface area contributed by atoms with Crippen molar-refractivity contribution in [2.45, 2.75) is 17.4 Å². The fourth-order valence-corrected chi connectivity index (χ4v) is 7.47. The van der Waals surface area contributed by atoms with Crippen LogP contribution in [0, 0.1) is 5.82 Å². The molecule has 4 rings (SSSR count). The van der Waals surface area contributed by atoms with Gasteiger partial charge >= 0.3 is 0 Å². The average Bonchev–Trinajstić information content (AvgIpc) is 3.18. The van der Waals surface area contributed by atoms with E-state index in [-0.39, 0.29) is 40.9 Å². The Kier molecular flexibility index (Phi) is 6.47. The van der Waals surface area contributed by atoms with E-state index in [1.807, 2.05) is 4.90 Å². The predicted octanol–water partition coefficient (Wildman–Crippen LogP) is 1.60. The summed E-state index contributed by atoms with van der Waals surface area (Å²) in [5.74, 6) is -0.760. The Labute approximate surface area is 193 Å². The van der Waals surface area contributed by atoms with Gasteiger partial charge in [-0.15, -0.1) is 0 Å². The maximum absolute atomic E-state index is 13.2. The highest BCUT2D eigenvalue weighted by molar-refractivity contribution is 7.91. The van der Waals surface area contributed by atoms with Crippen LogP contribution in [0.3, 0.4) is 0 Å². The lowest BCUT2D eigenvalue weighted by molar-refractivity contribution is 0.0747. The standard InChI is InChI=1S/C22H26FN3O5S2/c1-24(20-9-14-32(28,29)16-20)22(27)17-3-2-4-21(15-17)33(30,31)26-12-10-25(11-13-26)19-7-5-18(23)6-8-19/h2-8,15,20H,9-14,16H2,1H3/t20-/m1/s1. The van der Waals surface area contributed by atoms with E-state index in [0.717, 1.165) is 5.69 Å². The van der Waals surface area contributed by atoms with Gasteiger partial charge in [0, 0.05) is 50.5 Å². The number of carbonyl (C=O) groups excluding carboxylic acids is 1. The van der Waals surface area contributed by atoms with Crippen molar-refractivity contribution in [3.63, 3.8) is 0 Å². The van der Waals surface area contributed by atoms with Crippen LogP contribution in [0.25, 0.3) is 0 Å². The molecule has 0 saturated carbocycles. The summed E-state index contributed by atoms with van der Waals surface area (Å²) in [4.78, 5) is 16.3. The van der Waals surface area contributed by atoms with Crippen LogP contribution in [-0.4, -0.2) is 82.7 Å². The molecule has 2 aliphatic heterocycles. The van der Waals surface area contributed by atoms with E-state index in [2.05, 4.69) is 0 Å². The summed E-state index contributed by atoms with van der Waals surface area (Å²) >= 11 is 0. The topological polar surface area (TPSA) is 95.1 Å². The van der Waals surface area contributed by atoms with E-state index < -0.39 is 31.8 Å². The summed E-state index contributed by atoms with van der Waals surface area (Å²) in [5.41, 5.74) is 1.03. The van der Waals surface area contributed by atoms with Gasteiger partial charge in [-0.1, -0.05) is 6.07 Å². The molecule has 2 heterocycles. The molecule has 178 valence electrons. The van der Waals surface area contributed by atoms with Gasteiger partial charge in [0.15, 0.2) is 9.84 Å². The van der Waals surface area contributed by atoms with Crippen LogP contribution in [-0.2, 0) is 19.9 Å². The van der Waals surface area contributed by atoms with Crippen molar-refractivity contribution < 1.29 is 26.0 Å². The first kappa shape index (κ1) is 23.7. The van der Waals surface area contributed by atoms with Crippen molar-refractivity contribution >= 4 is 31.5 Å².